The van der Waals surface area contributed by atoms with Crippen LogP contribution in [0.4, 0.5) is 5.69 Å². The van der Waals surface area contributed by atoms with E-state index in [0.29, 0.717) is 11.5 Å². The molecule has 0 aliphatic carbocycles. The molecule has 3 aromatic rings. The number of aromatic hydroxyl groups is 1. The zero-order valence-electron chi connectivity index (χ0n) is 25.2. The van der Waals surface area contributed by atoms with Crippen LogP contribution < -0.4 is 20.1 Å². The molecule has 2 aromatic carbocycles. The van der Waals surface area contributed by atoms with Gasteiger partial charge in [0.2, 0.25) is 6.79 Å². The van der Waals surface area contributed by atoms with Gasteiger partial charge in [0.15, 0.2) is 21.5 Å². The van der Waals surface area contributed by atoms with Crippen molar-refractivity contribution in [1.82, 2.24) is 14.5 Å². The number of rotatable bonds is 11. The number of hydrogen-bond acceptors (Lipinski definition) is 10. The molecule has 0 fully saturated rings. The first-order valence-electron chi connectivity index (χ1n) is 14.2. The molecule has 234 valence electrons. The van der Waals surface area contributed by atoms with Crippen molar-refractivity contribution in [3.05, 3.63) is 76.4 Å². The maximum absolute atomic E-state index is 14.0. The van der Waals surface area contributed by atoms with Crippen LogP contribution in [0.3, 0.4) is 0 Å². The van der Waals surface area contributed by atoms with Crippen LogP contribution in [0.1, 0.15) is 51.8 Å². The molecule has 0 saturated heterocycles. The van der Waals surface area contributed by atoms with Gasteiger partial charge in [-0.1, -0.05) is 71.0 Å². The third-order valence-corrected chi connectivity index (χ3v) is 11.0. The quantitative estimate of drug-likeness (QED) is 0.253. The molecule has 0 spiro atoms. The van der Waals surface area contributed by atoms with E-state index in [1.807, 2.05) is 63.2 Å². The van der Waals surface area contributed by atoms with E-state index in [-0.39, 0.29) is 47.7 Å². The van der Waals surface area contributed by atoms with Crippen LogP contribution in [0, 0.1) is 5.41 Å². The molecule has 13 heteroatoms. The van der Waals surface area contributed by atoms with E-state index in [2.05, 4.69) is 10.6 Å². The van der Waals surface area contributed by atoms with Crippen molar-refractivity contribution in [1.29, 1.82) is 0 Å². The number of amides is 2. The average Bonchev–Trinajstić information content (AvgIpc) is 3.66. The zero-order valence-corrected chi connectivity index (χ0v) is 26.8. The van der Waals surface area contributed by atoms with Gasteiger partial charge in [-0.05, 0) is 28.7 Å². The Morgan fingerprint density at radius 2 is 1.66 bits per heavy atom. The third-order valence-electron chi connectivity index (χ3n) is 7.51. The van der Waals surface area contributed by atoms with E-state index in [4.69, 9.17) is 9.47 Å². The SMILES string of the molecule is CCN(CC)S(=O)(=O)c1scc(NC2=C(N[C@@H](c3ccc4c(c3)OCO4)C(C)(C)C)C(=O)N(Cc3ccccc3)C2=O)c1O. The lowest BCUT2D eigenvalue weighted by Crippen LogP contribution is -2.37. The minimum atomic E-state index is -3.97. The summed E-state index contributed by atoms with van der Waals surface area (Å²) in [5.74, 6) is -0.484. The van der Waals surface area contributed by atoms with Crippen LogP contribution in [0.5, 0.6) is 17.2 Å². The molecule has 11 nitrogen and oxygen atoms in total. The van der Waals surface area contributed by atoms with E-state index in [1.165, 1.54) is 9.69 Å². The Kier molecular flexibility index (Phi) is 8.65. The van der Waals surface area contributed by atoms with Crippen LogP contribution in [0.15, 0.2) is 69.5 Å². The fraction of sp³-hybridized carbons (Fsp3) is 0.355. The molecular weight excluding hydrogens is 604 g/mol. The number of ether oxygens (including phenoxy) is 2. The summed E-state index contributed by atoms with van der Waals surface area (Å²) in [6.07, 6.45) is 0. The van der Waals surface area contributed by atoms with Gasteiger partial charge >= 0.3 is 0 Å². The number of thiophene rings is 1. The van der Waals surface area contributed by atoms with E-state index in [1.54, 1.807) is 19.9 Å². The summed E-state index contributed by atoms with van der Waals surface area (Å²) >= 11 is 0.838. The number of carbonyl (C=O) groups is 2. The predicted molar refractivity (Wildman–Crippen MR) is 167 cm³/mol. The molecule has 2 aliphatic heterocycles. The van der Waals surface area contributed by atoms with Gasteiger partial charge in [0.25, 0.3) is 21.8 Å². The van der Waals surface area contributed by atoms with Crippen molar-refractivity contribution >= 4 is 38.9 Å². The summed E-state index contributed by atoms with van der Waals surface area (Å²) in [4.78, 5) is 29.0. The van der Waals surface area contributed by atoms with Gasteiger partial charge in [-0.3, -0.25) is 14.5 Å². The Labute approximate surface area is 261 Å². The van der Waals surface area contributed by atoms with Crippen molar-refractivity contribution in [2.75, 3.05) is 25.2 Å². The lowest BCUT2D eigenvalue weighted by Gasteiger charge is -2.33. The highest BCUT2D eigenvalue weighted by molar-refractivity contribution is 7.91. The van der Waals surface area contributed by atoms with Crippen LogP contribution in [0.2, 0.25) is 0 Å². The number of benzene rings is 2. The van der Waals surface area contributed by atoms with E-state index in [0.717, 1.165) is 27.4 Å². The van der Waals surface area contributed by atoms with Gasteiger partial charge in [-0.2, -0.15) is 4.31 Å². The number of carbonyl (C=O) groups excluding carboxylic acids is 2. The minimum absolute atomic E-state index is 0.00210. The summed E-state index contributed by atoms with van der Waals surface area (Å²) < 4.78 is 38.4. The molecule has 0 unspecified atom stereocenters. The van der Waals surface area contributed by atoms with Gasteiger partial charge in [-0.25, -0.2) is 8.42 Å². The lowest BCUT2D eigenvalue weighted by molar-refractivity contribution is -0.138. The first-order chi connectivity index (χ1) is 20.9. The van der Waals surface area contributed by atoms with Crippen molar-refractivity contribution in [2.24, 2.45) is 5.41 Å². The highest BCUT2D eigenvalue weighted by Crippen LogP contribution is 2.42. The molecule has 1 atom stereocenters. The number of fused-ring (bicyclic) bond motifs is 1. The van der Waals surface area contributed by atoms with Crippen molar-refractivity contribution in [3.63, 3.8) is 0 Å². The number of nitrogens with zero attached hydrogens (tertiary/aromatic N) is 2. The Hall–Kier alpha value is -4.07. The summed E-state index contributed by atoms with van der Waals surface area (Å²) in [7, 11) is -3.97. The number of anilines is 1. The summed E-state index contributed by atoms with van der Waals surface area (Å²) in [6.45, 7) is 10.0. The van der Waals surface area contributed by atoms with Gasteiger partial charge in [0.1, 0.15) is 11.4 Å². The second kappa shape index (κ2) is 12.1. The molecule has 1 aromatic heterocycles. The van der Waals surface area contributed by atoms with Crippen LogP contribution in [0.25, 0.3) is 0 Å². The first kappa shape index (κ1) is 31.4. The second-order valence-electron chi connectivity index (χ2n) is 11.5. The fourth-order valence-corrected chi connectivity index (χ4v) is 8.03. The van der Waals surface area contributed by atoms with Gasteiger partial charge in [0.05, 0.1) is 18.3 Å². The van der Waals surface area contributed by atoms with E-state index >= 15 is 0 Å². The lowest BCUT2D eigenvalue weighted by atomic mass is 9.82. The summed E-state index contributed by atoms with van der Waals surface area (Å²) in [5.41, 5.74) is 1.03. The van der Waals surface area contributed by atoms with Gasteiger partial charge in [-0.15, -0.1) is 11.3 Å². The van der Waals surface area contributed by atoms with Crippen molar-refractivity contribution in [3.8, 4) is 17.2 Å². The molecule has 3 heterocycles. The molecule has 0 saturated carbocycles. The maximum Gasteiger partial charge on any atom is 0.279 e. The van der Waals surface area contributed by atoms with Gasteiger partial charge < -0.3 is 25.2 Å². The molecule has 44 heavy (non-hydrogen) atoms. The second-order valence-corrected chi connectivity index (χ2v) is 14.5. The van der Waals surface area contributed by atoms with Gasteiger partial charge in [0, 0.05) is 18.5 Å². The Morgan fingerprint density at radius 1 is 1.00 bits per heavy atom. The molecule has 3 N–H and O–H groups in total. The van der Waals surface area contributed by atoms with Crippen LogP contribution in [-0.2, 0) is 26.2 Å². The Bertz CT molecular complexity index is 1710. The zero-order chi connectivity index (χ0) is 31.8. The Morgan fingerprint density at radius 3 is 2.32 bits per heavy atom. The molecule has 2 amide bonds. The number of nitrogens with one attached hydrogen (secondary N) is 2. The maximum atomic E-state index is 14.0. The predicted octanol–water partition coefficient (Wildman–Crippen LogP) is 4.78. The molecule has 2 aliphatic rings. The fourth-order valence-electron chi connectivity index (χ4n) is 5.19. The topological polar surface area (TPSA) is 138 Å². The number of sulfonamides is 1. The summed E-state index contributed by atoms with van der Waals surface area (Å²) in [6, 6.07) is 14.2. The smallest absolute Gasteiger partial charge is 0.279 e. The standard InChI is InChI=1S/C31H36N4O7S2/c1-6-34(7-2)44(39,40)30-26(36)21(17-43-30)32-24-25(29(38)35(28(24)37)16-19-11-9-8-10-12-19)33-27(31(3,4)5)20-13-14-22-23(15-20)42-18-41-22/h8-15,17,27,32-33,36H,6-7,16,18H2,1-5H3/t27-/m0/s1. The Balaban J connectivity index is 1.56. The largest absolute Gasteiger partial charge is 0.504 e. The molecule has 5 rings (SSSR count). The third kappa shape index (κ3) is 5.86. The monoisotopic (exact) mass is 640 g/mol. The normalized spacial score (nSPS) is 15.8. The van der Waals surface area contributed by atoms with E-state index < -0.39 is 39.0 Å². The first-order valence-corrected chi connectivity index (χ1v) is 16.6. The number of hydrogen-bond donors (Lipinski definition) is 3. The summed E-state index contributed by atoms with van der Waals surface area (Å²) in [5, 5.41) is 18.7. The molecule has 0 radical (unpaired) electrons. The van der Waals surface area contributed by atoms with Crippen LogP contribution >= 0.6 is 11.3 Å². The minimum Gasteiger partial charge on any atom is -0.504 e. The number of imide groups is 1. The highest BCUT2D eigenvalue weighted by Gasteiger charge is 2.42. The van der Waals surface area contributed by atoms with Crippen molar-refractivity contribution < 1.29 is 32.6 Å². The highest BCUT2D eigenvalue weighted by atomic mass is 32.2. The molecule has 0 bridgehead atoms. The molecular formula is C31H36N4O7S2. The van der Waals surface area contributed by atoms with Crippen LogP contribution in [-0.4, -0.2) is 54.4 Å². The van der Waals surface area contributed by atoms with E-state index in [9.17, 15) is 23.1 Å². The van der Waals surface area contributed by atoms with Crippen molar-refractivity contribution in [2.45, 2.75) is 51.4 Å². The average molecular weight is 641 g/mol.